The van der Waals surface area contributed by atoms with Gasteiger partial charge in [-0.05, 0) is 81.3 Å². The van der Waals surface area contributed by atoms with Crippen LogP contribution in [0.4, 0.5) is 5.69 Å². The smallest absolute Gasteiger partial charge is 0.248 e. The zero-order valence-corrected chi connectivity index (χ0v) is 21.1. The Morgan fingerprint density at radius 1 is 1.03 bits per heavy atom. The van der Waals surface area contributed by atoms with Crippen LogP contribution in [0.3, 0.4) is 0 Å². The summed E-state index contributed by atoms with van der Waals surface area (Å²) in [6, 6.07) is 16.7. The Balaban J connectivity index is 1.68. The van der Waals surface area contributed by atoms with Crippen LogP contribution in [0.1, 0.15) is 42.3 Å². The molecule has 4 aromatic rings. The Morgan fingerprint density at radius 3 is 2.33 bits per heavy atom. The number of amides is 1. The van der Waals surface area contributed by atoms with Gasteiger partial charge in [0.1, 0.15) is 17.1 Å². The van der Waals surface area contributed by atoms with E-state index in [0.717, 1.165) is 44.5 Å². The lowest BCUT2D eigenvalue weighted by molar-refractivity contribution is -0.111. The van der Waals surface area contributed by atoms with Crippen molar-refractivity contribution in [3.05, 3.63) is 83.6 Å². The second-order valence-electron chi connectivity index (χ2n) is 8.52. The lowest BCUT2D eigenvalue weighted by Crippen LogP contribution is -2.09. The van der Waals surface area contributed by atoms with Crippen LogP contribution in [-0.2, 0) is 4.79 Å². The zero-order valence-electron chi connectivity index (χ0n) is 21.1. The molecule has 6 heteroatoms. The summed E-state index contributed by atoms with van der Waals surface area (Å²) < 4.78 is 17.2. The number of anilines is 1. The number of Topliss-reactive ketones (excluding diaryl/α,β-unsaturated/α-hetero) is 1. The Kier molecular flexibility index (Phi) is 7.25. The SMILES string of the molecule is CCOc1ccc(-c2coc3c(C)c(OC)c(/C(C)=C/C(=O)Nc4ccc(C(C)=O)cc4)cc23)cc1. The van der Waals surface area contributed by atoms with Crippen molar-refractivity contribution in [2.24, 2.45) is 0 Å². The highest BCUT2D eigenvalue weighted by Gasteiger charge is 2.19. The molecule has 0 saturated carbocycles. The molecule has 4 rings (SSSR count). The molecule has 0 aliphatic heterocycles. The maximum absolute atomic E-state index is 12.8. The summed E-state index contributed by atoms with van der Waals surface area (Å²) in [5.41, 5.74) is 6.30. The first kappa shape index (κ1) is 24.8. The topological polar surface area (TPSA) is 77.8 Å². The van der Waals surface area contributed by atoms with Gasteiger partial charge in [-0.3, -0.25) is 9.59 Å². The molecular formula is C30H29NO5. The lowest BCUT2D eigenvalue weighted by Gasteiger charge is -2.13. The number of ether oxygens (including phenoxy) is 2. The number of carbonyl (C=O) groups excluding carboxylic acids is 2. The van der Waals surface area contributed by atoms with E-state index in [1.165, 1.54) is 6.92 Å². The number of ketones is 1. The molecule has 1 heterocycles. The number of fused-ring (bicyclic) bond motifs is 1. The van der Waals surface area contributed by atoms with E-state index in [9.17, 15) is 9.59 Å². The Bertz CT molecular complexity index is 1440. The second kappa shape index (κ2) is 10.5. The molecule has 0 saturated heterocycles. The highest BCUT2D eigenvalue weighted by atomic mass is 16.5. The van der Waals surface area contributed by atoms with E-state index in [4.69, 9.17) is 13.9 Å². The summed E-state index contributed by atoms with van der Waals surface area (Å²) in [6.07, 6.45) is 3.28. The van der Waals surface area contributed by atoms with Crippen molar-refractivity contribution in [3.8, 4) is 22.6 Å². The molecule has 36 heavy (non-hydrogen) atoms. The monoisotopic (exact) mass is 483 g/mol. The highest BCUT2D eigenvalue weighted by molar-refractivity contribution is 6.06. The van der Waals surface area contributed by atoms with Crippen LogP contribution in [0.15, 0.2) is 71.4 Å². The molecule has 184 valence electrons. The first-order valence-corrected chi connectivity index (χ1v) is 11.7. The fraction of sp³-hybridized carbons (Fsp3) is 0.200. The quantitative estimate of drug-likeness (QED) is 0.214. The van der Waals surface area contributed by atoms with Crippen molar-refractivity contribution in [2.75, 3.05) is 19.0 Å². The normalized spacial score (nSPS) is 11.4. The highest BCUT2D eigenvalue weighted by Crippen LogP contribution is 2.40. The Morgan fingerprint density at radius 2 is 1.72 bits per heavy atom. The van der Waals surface area contributed by atoms with Gasteiger partial charge in [0.05, 0.1) is 20.0 Å². The third kappa shape index (κ3) is 5.03. The lowest BCUT2D eigenvalue weighted by atomic mass is 9.96. The number of allylic oxidation sites excluding steroid dienone is 1. The minimum Gasteiger partial charge on any atom is -0.496 e. The molecule has 1 amide bonds. The van der Waals surface area contributed by atoms with Crippen LogP contribution in [-0.4, -0.2) is 25.4 Å². The molecule has 0 aliphatic carbocycles. The fourth-order valence-corrected chi connectivity index (χ4v) is 4.23. The van der Waals surface area contributed by atoms with Crippen LogP contribution in [0.25, 0.3) is 27.7 Å². The molecular weight excluding hydrogens is 454 g/mol. The number of rotatable bonds is 8. The van der Waals surface area contributed by atoms with E-state index in [-0.39, 0.29) is 11.7 Å². The average molecular weight is 484 g/mol. The molecule has 1 aromatic heterocycles. The predicted octanol–water partition coefficient (Wildman–Crippen LogP) is 7.06. The number of hydrogen-bond donors (Lipinski definition) is 1. The molecule has 1 N–H and O–H groups in total. The predicted molar refractivity (Wildman–Crippen MR) is 143 cm³/mol. The van der Waals surface area contributed by atoms with Gasteiger partial charge in [0.15, 0.2) is 5.78 Å². The van der Waals surface area contributed by atoms with Crippen molar-refractivity contribution >= 4 is 33.9 Å². The standard InChI is InChI=1S/C30H29NO5/c1-6-35-24-13-9-22(10-14-24)27-17-36-30-19(3)29(34-5)25(16-26(27)30)18(2)15-28(33)31-23-11-7-21(8-12-23)20(4)32/h7-17H,6H2,1-5H3,(H,31,33)/b18-15+. The number of furan rings is 1. The summed E-state index contributed by atoms with van der Waals surface area (Å²) in [4.78, 5) is 24.2. The molecule has 0 atom stereocenters. The van der Waals surface area contributed by atoms with Crippen molar-refractivity contribution in [1.29, 1.82) is 0 Å². The van der Waals surface area contributed by atoms with Crippen LogP contribution < -0.4 is 14.8 Å². The molecule has 0 spiro atoms. The largest absolute Gasteiger partial charge is 0.496 e. The maximum Gasteiger partial charge on any atom is 0.248 e. The second-order valence-corrected chi connectivity index (χ2v) is 8.52. The number of nitrogens with one attached hydrogen (secondary N) is 1. The van der Waals surface area contributed by atoms with Crippen molar-refractivity contribution in [2.45, 2.75) is 27.7 Å². The van der Waals surface area contributed by atoms with Crippen molar-refractivity contribution in [3.63, 3.8) is 0 Å². The molecule has 0 radical (unpaired) electrons. The van der Waals surface area contributed by atoms with E-state index in [1.807, 2.05) is 51.1 Å². The van der Waals surface area contributed by atoms with Gasteiger partial charge < -0.3 is 19.2 Å². The van der Waals surface area contributed by atoms with Gasteiger partial charge in [-0.25, -0.2) is 0 Å². The van der Waals surface area contributed by atoms with Crippen LogP contribution in [0.5, 0.6) is 11.5 Å². The average Bonchev–Trinajstić information content (AvgIpc) is 3.29. The minimum absolute atomic E-state index is 0.0228. The van der Waals surface area contributed by atoms with Crippen LogP contribution in [0.2, 0.25) is 0 Å². The first-order valence-electron chi connectivity index (χ1n) is 11.7. The van der Waals surface area contributed by atoms with Crippen molar-refractivity contribution < 1.29 is 23.5 Å². The summed E-state index contributed by atoms with van der Waals surface area (Å²) in [5, 5.41) is 3.78. The minimum atomic E-state index is -0.276. The van der Waals surface area contributed by atoms with Crippen molar-refractivity contribution in [1.82, 2.24) is 0 Å². The van der Waals surface area contributed by atoms with E-state index in [0.29, 0.717) is 23.6 Å². The van der Waals surface area contributed by atoms with Gasteiger partial charge in [0.2, 0.25) is 5.91 Å². The molecule has 0 fully saturated rings. The number of hydrogen-bond acceptors (Lipinski definition) is 5. The molecule has 3 aromatic carbocycles. The number of aryl methyl sites for hydroxylation is 1. The fourth-order valence-electron chi connectivity index (χ4n) is 4.23. The maximum atomic E-state index is 12.8. The zero-order chi connectivity index (χ0) is 25.8. The van der Waals surface area contributed by atoms with E-state index >= 15 is 0 Å². The Hall–Kier alpha value is -4.32. The van der Waals surface area contributed by atoms with Crippen LogP contribution in [0, 0.1) is 6.92 Å². The van der Waals surface area contributed by atoms with E-state index < -0.39 is 0 Å². The number of carbonyl (C=O) groups is 2. The summed E-state index contributed by atoms with van der Waals surface area (Å²) in [5.74, 6) is 1.17. The van der Waals surface area contributed by atoms with Gasteiger partial charge in [0, 0.05) is 39.4 Å². The summed E-state index contributed by atoms with van der Waals surface area (Å²) >= 11 is 0. The summed E-state index contributed by atoms with van der Waals surface area (Å²) in [6.45, 7) is 7.89. The molecule has 6 nitrogen and oxygen atoms in total. The molecule has 0 unspecified atom stereocenters. The van der Waals surface area contributed by atoms with Crippen LogP contribution >= 0.6 is 0 Å². The van der Waals surface area contributed by atoms with Gasteiger partial charge in [-0.2, -0.15) is 0 Å². The molecule has 0 aliphatic rings. The number of methoxy groups -OCH3 is 1. The van der Waals surface area contributed by atoms with Gasteiger partial charge in [-0.15, -0.1) is 0 Å². The Labute approximate surface area is 210 Å². The third-order valence-electron chi connectivity index (χ3n) is 6.06. The van der Waals surface area contributed by atoms with Gasteiger partial charge in [-0.1, -0.05) is 12.1 Å². The van der Waals surface area contributed by atoms with E-state index in [1.54, 1.807) is 43.7 Å². The summed E-state index contributed by atoms with van der Waals surface area (Å²) in [7, 11) is 1.61. The van der Waals surface area contributed by atoms with Gasteiger partial charge in [0.25, 0.3) is 0 Å². The number of benzene rings is 3. The first-order chi connectivity index (χ1) is 17.3. The third-order valence-corrected chi connectivity index (χ3v) is 6.06. The molecule has 0 bridgehead atoms. The van der Waals surface area contributed by atoms with E-state index in [2.05, 4.69) is 5.32 Å². The van der Waals surface area contributed by atoms with Gasteiger partial charge >= 0.3 is 0 Å².